The molecule has 1 amide bonds. The topological polar surface area (TPSA) is 55.1 Å². The Kier molecular flexibility index (Phi) is 4.52. The largest absolute Gasteiger partial charge is 0.326 e. The molecule has 104 valence electrons. The molecule has 0 fully saturated rings. The molecule has 3 N–H and O–H groups in total. The first-order valence-corrected chi connectivity index (χ1v) is 6.86. The van der Waals surface area contributed by atoms with Gasteiger partial charge in [0.25, 0.3) is 5.91 Å². The zero-order chi connectivity index (χ0) is 14.7. The van der Waals surface area contributed by atoms with E-state index in [-0.39, 0.29) is 5.91 Å². The molecular formula is C15H14BrFN2O. The van der Waals surface area contributed by atoms with E-state index in [0.717, 1.165) is 11.1 Å². The standard InChI is InChI=1S/C15H14BrFN2O/c1-9-6-12(16)13(17)7-14(9)19-15(20)11-4-2-10(8-18)3-5-11/h2-7H,8,18H2,1H3,(H,19,20). The van der Waals surface area contributed by atoms with E-state index in [0.29, 0.717) is 22.3 Å². The number of amides is 1. The van der Waals surface area contributed by atoms with Crippen molar-refractivity contribution in [3.8, 4) is 0 Å². The molecule has 0 spiro atoms. The number of carbonyl (C=O) groups excluding carboxylic acids is 1. The highest BCUT2D eigenvalue weighted by Crippen LogP contribution is 2.24. The van der Waals surface area contributed by atoms with Crippen molar-refractivity contribution in [1.29, 1.82) is 0 Å². The fourth-order valence-corrected chi connectivity index (χ4v) is 2.23. The minimum absolute atomic E-state index is 0.279. The lowest BCUT2D eigenvalue weighted by Crippen LogP contribution is -2.13. The van der Waals surface area contributed by atoms with Gasteiger partial charge >= 0.3 is 0 Å². The van der Waals surface area contributed by atoms with Gasteiger partial charge in [0.2, 0.25) is 0 Å². The normalized spacial score (nSPS) is 10.4. The van der Waals surface area contributed by atoms with Crippen molar-refractivity contribution in [3.63, 3.8) is 0 Å². The van der Waals surface area contributed by atoms with Gasteiger partial charge in [0.1, 0.15) is 5.82 Å². The summed E-state index contributed by atoms with van der Waals surface area (Å²) in [6, 6.07) is 9.91. The Morgan fingerprint density at radius 2 is 1.95 bits per heavy atom. The van der Waals surface area contributed by atoms with E-state index in [9.17, 15) is 9.18 Å². The summed E-state index contributed by atoms with van der Waals surface area (Å²) in [5.74, 6) is -0.692. The van der Waals surface area contributed by atoms with Gasteiger partial charge in [-0.15, -0.1) is 0 Å². The number of rotatable bonds is 3. The molecule has 3 nitrogen and oxygen atoms in total. The van der Waals surface area contributed by atoms with Crippen LogP contribution >= 0.6 is 15.9 Å². The summed E-state index contributed by atoms with van der Waals surface area (Å²) in [7, 11) is 0. The average molecular weight is 337 g/mol. The molecule has 5 heteroatoms. The first-order valence-electron chi connectivity index (χ1n) is 6.07. The maximum Gasteiger partial charge on any atom is 0.255 e. The van der Waals surface area contributed by atoms with Crippen LogP contribution in [0.5, 0.6) is 0 Å². The first kappa shape index (κ1) is 14.7. The zero-order valence-corrected chi connectivity index (χ0v) is 12.5. The Labute approximate surface area is 125 Å². The van der Waals surface area contributed by atoms with Crippen LogP contribution in [0.25, 0.3) is 0 Å². The Morgan fingerprint density at radius 3 is 2.55 bits per heavy atom. The highest BCUT2D eigenvalue weighted by Gasteiger charge is 2.10. The number of anilines is 1. The van der Waals surface area contributed by atoms with Gasteiger partial charge in [-0.05, 0) is 58.2 Å². The van der Waals surface area contributed by atoms with Crippen molar-refractivity contribution in [1.82, 2.24) is 0 Å². The van der Waals surface area contributed by atoms with Gasteiger partial charge in [0.15, 0.2) is 0 Å². The molecule has 2 aromatic rings. The molecule has 2 aromatic carbocycles. The lowest BCUT2D eigenvalue weighted by Gasteiger charge is -2.10. The van der Waals surface area contributed by atoms with Crippen LogP contribution in [0.3, 0.4) is 0 Å². The molecule has 0 saturated carbocycles. The van der Waals surface area contributed by atoms with E-state index in [1.807, 2.05) is 0 Å². The summed E-state index contributed by atoms with van der Waals surface area (Å²) in [6.07, 6.45) is 0. The van der Waals surface area contributed by atoms with Crippen molar-refractivity contribution in [2.75, 3.05) is 5.32 Å². The molecule has 0 heterocycles. The molecule has 0 aliphatic rings. The van der Waals surface area contributed by atoms with Crippen molar-refractivity contribution < 1.29 is 9.18 Å². The highest BCUT2D eigenvalue weighted by atomic mass is 79.9. The fourth-order valence-electron chi connectivity index (χ4n) is 1.77. The van der Waals surface area contributed by atoms with Gasteiger partial charge in [-0.2, -0.15) is 0 Å². The van der Waals surface area contributed by atoms with Crippen molar-refractivity contribution in [2.45, 2.75) is 13.5 Å². The number of nitrogens with two attached hydrogens (primary N) is 1. The molecule has 0 aliphatic carbocycles. The van der Waals surface area contributed by atoms with E-state index in [1.54, 1.807) is 37.3 Å². The Hall–Kier alpha value is -1.72. The molecule has 0 aromatic heterocycles. The maximum atomic E-state index is 13.5. The second-order valence-corrected chi connectivity index (χ2v) is 5.29. The van der Waals surface area contributed by atoms with Crippen LogP contribution in [0.15, 0.2) is 40.9 Å². The molecule has 2 rings (SSSR count). The van der Waals surface area contributed by atoms with Gasteiger partial charge < -0.3 is 11.1 Å². The summed E-state index contributed by atoms with van der Waals surface area (Å²) >= 11 is 3.11. The van der Waals surface area contributed by atoms with Gasteiger partial charge in [0.05, 0.1) is 4.47 Å². The number of aryl methyl sites for hydroxylation is 1. The average Bonchev–Trinajstić information content (AvgIpc) is 2.44. The molecule has 0 saturated heterocycles. The van der Waals surface area contributed by atoms with Crippen LogP contribution in [0, 0.1) is 12.7 Å². The van der Waals surface area contributed by atoms with Crippen LogP contribution in [0.4, 0.5) is 10.1 Å². The molecule has 0 atom stereocenters. The van der Waals surface area contributed by atoms with Crippen LogP contribution < -0.4 is 11.1 Å². The minimum Gasteiger partial charge on any atom is -0.326 e. The number of nitrogens with one attached hydrogen (secondary N) is 1. The number of hydrogen-bond donors (Lipinski definition) is 2. The molecule has 0 bridgehead atoms. The van der Waals surface area contributed by atoms with E-state index >= 15 is 0 Å². The maximum absolute atomic E-state index is 13.5. The second-order valence-electron chi connectivity index (χ2n) is 4.44. The summed E-state index contributed by atoms with van der Waals surface area (Å²) in [4.78, 5) is 12.1. The summed E-state index contributed by atoms with van der Waals surface area (Å²) in [6.45, 7) is 2.23. The Bertz CT molecular complexity index is 641. The highest BCUT2D eigenvalue weighted by molar-refractivity contribution is 9.10. The summed E-state index contributed by atoms with van der Waals surface area (Å²) in [5, 5.41) is 2.70. The lowest BCUT2D eigenvalue weighted by atomic mass is 10.1. The molecule has 0 unspecified atom stereocenters. The van der Waals surface area contributed by atoms with Crippen LogP contribution in [0.2, 0.25) is 0 Å². The van der Waals surface area contributed by atoms with Gasteiger partial charge in [0, 0.05) is 17.8 Å². The van der Waals surface area contributed by atoms with Crippen LogP contribution in [-0.2, 0) is 6.54 Å². The second kappa shape index (κ2) is 6.15. The van der Waals surface area contributed by atoms with Crippen LogP contribution in [0.1, 0.15) is 21.5 Å². The first-order chi connectivity index (χ1) is 9.51. The summed E-state index contributed by atoms with van der Waals surface area (Å²) in [5.41, 5.74) is 8.20. The number of hydrogen-bond acceptors (Lipinski definition) is 2. The van der Waals surface area contributed by atoms with Crippen molar-refractivity contribution in [2.24, 2.45) is 5.73 Å². The third-order valence-electron chi connectivity index (χ3n) is 2.97. The minimum atomic E-state index is -0.413. The van der Waals surface area contributed by atoms with E-state index in [1.165, 1.54) is 6.07 Å². The molecule has 0 radical (unpaired) electrons. The number of halogens is 2. The third kappa shape index (κ3) is 3.23. The van der Waals surface area contributed by atoms with E-state index in [2.05, 4.69) is 21.2 Å². The quantitative estimate of drug-likeness (QED) is 0.899. The van der Waals surface area contributed by atoms with E-state index in [4.69, 9.17) is 5.73 Å². The van der Waals surface area contributed by atoms with E-state index < -0.39 is 5.82 Å². The monoisotopic (exact) mass is 336 g/mol. The molecule has 0 aliphatic heterocycles. The SMILES string of the molecule is Cc1cc(Br)c(F)cc1NC(=O)c1ccc(CN)cc1. The third-order valence-corrected chi connectivity index (χ3v) is 3.58. The smallest absolute Gasteiger partial charge is 0.255 e. The van der Waals surface area contributed by atoms with Gasteiger partial charge in [-0.3, -0.25) is 4.79 Å². The summed E-state index contributed by atoms with van der Waals surface area (Å²) < 4.78 is 13.9. The van der Waals surface area contributed by atoms with Crippen molar-refractivity contribution in [3.05, 3.63) is 63.4 Å². The fraction of sp³-hybridized carbons (Fsp3) is 0.133. The number of carbonyl (C=O) groups is 1. The van der Waals surface area contributed by atoms with Crippen LogP contribution in [-0.4, -0.2) is 5.91 Å². The predicted molar refractivity (Wildman–Crippen MR) is 81.1 cm³/mol. The zero-order valence-electron chi connectivity index (χ0n) is 10.9. The Balaban J connectivity index is 2.20. The van der Waals surface area contributed by atoms with Gasteiger partial charge in [-0.1, -0.05) is 12.1 Å². The predicted octanol–water partition coefficient (Wildman–Crippen LogP) is 3.61. The Morgan fingerprint density at radius 1 is 1.30 bits per heavy atom. The van der Waals surface area contributed by atoms with Gasteiger partial charge in [-0.25, -0.2) is 4.39 Å². The molecule has 20 heavy (non-hydrogen) atoms. The number of benzene rings is 2. The van der Waals surface area contributed by atoms with Crippen molar-refractivity contribution >= 4 is 27.5 Å². The molecular weight excluding hydrogens is 323 g/mol. The lowest BCUT2D eigenvalue weighted by molar-refractivity contribution is 0.102.